The lowest BCUT2D eigenvalue weighted by Gasteiger charge is -2.24. The molecule has 1 aromatic carbocycles. The van der Waals surface area contributed by atoms with Crippen LogP contribution in [0.4, 0.5) is 4.79 Å². The van der Waals surface area contributed by atoms with Crippen LogP contribution in [0.25, 0.3) is 0 Å². The van der Waals surface area contributed by atoms with E-state index in [0.29, 0.717) is 6.42 Å². The number of aliphatic hydroxyl groups is 1. The number of likely N-dealkylation sites (N-methyl/N-ethyl adjacent to an activating group) is 1. The van der Waals surface area contributed by atoms with E-state index in [1.54, 1.807) is 26.4 Å². The van der Waals surface area contributed by atoms with Crippen LogP contribution in [0.5, 0.6) is 0 Å². The molecule has 0 radical (unpaired) electrons. The Labute approximate surface area is 130 Å². The van der Waals surface area contributed by atoms with Gasteiger partial charge in [0.25, 0.3) is 0 Å². The third-order valence-electron chi connectivity index (χ3n) is 3.34. The van der Waals surface area contributed by atoms with E-state index in [1.807, 2.05) is 30.3 Å². The largest absolute Gasteiger partial charge is 0.392 e. The fraction of sp³-hybridized carbons (Fsp3) is 0.375. The predicted octanol–water partition coefficient (Wildman–Crippen LogP) is 1.72. The molecule has 3 N–H and O–H groups in total. The van der Waals surface area contributed by atoms with Crippen LogP contribution in [0.2, 0.25) is 0 Å². The molecule has 0 saturated carbocycles. The molecule has 2 amide bonds. The Morgan fingerprint density at radius 1 is 1.41 bits per heavy atom. The molecular weight excluding hydrogens is 280 g/mol. The van der Waals surface area contributed by atoms with E-state index in [0.717, 1.165) is 11.4 Å². The number of benzene rings is 1. The van der Waals surface area contributed by atoms with Crippen LogP contribution in [0.15, 0.2) is 42.7 Å². The van der Waals surface area contributed by atoms with Gasteiger partial charge in [0.05, 0.1) is 12.1 Å². The Morgan fingerprint density at radius 3 is 2.73 bits per heavy atom. The topological polar surface area (TPSA) is 81.2 Å². The molecule has 0 fully saturated rings. The van der Waals surface area contributed by atoms with Crippen LogP contribution in [0, 0.1) is 0 Å². The van der Waals surface area contributed by atoms with Crippen molar-refractivity contribution in [2.45, 2.75) is 25.5 Å². The number of nitrogens with one attached hydrogen (secondary N) is 2. The third-order valence-corrected chi connectivity index (χ3v) is 3.34. The molecule has 0 unspecified atom stereocenters. The number of nitrogens with zero attached hydrogens (tertiary/aromatic N) is 2. The molecule has 0 aliphatic heterocycles. The number of hydrogen-bond acceptors (Lipinski definition) is 3. The van der Waals surface area contributed by atoms with Crippen LogP contribution in [0.1, 0.15) is 24.4 Å². The van der Waals surface area contributed by atoms with E-state index in [2.05, 4.69) is 15.3 Å². The summed E-state index contributed by atoms with van der Waals surface area (Å²) in [5.41, 5.74) is 1.01. The minimum Gasteiger partial charge on any atom is -0.392 e. The Hall–Kier alpha value is -2.34. The number of urea groups is 1. The first-order valence-electron chi connectivity index (χ1n) is 7.29. The standard InChI is InChI=1S/C16H22N4O2/c1-12(21)11-20(2)16(22)19-14(10-15-17-8-9-18-15)13-6-4-3-5-7-13/h3-9,12,14,21H,10-11H2,1-2H3,(H,17,18)(H,19,22)/t12-,14+/m1/s1. The fourth-order valence-electron chi connectivity index (χ4n) is 2.28. The van der Waals surface area contributed by atoms with Crippen molar-refractivity contribution in [1.82, 2.24) is 20.2 Å². The summed E-state index contributed by atoms with van der Waals surface area (Å²) < 4.78 is 0. The van der Waals surface area contributed by atoms with Crippen molar-refractivity contribution in [3.8, 4) is 0 Å². The third kappa shape index (κ3) is 4.60. The Bertz CT molecular complexity index is 569. The van der Waals surface area contributed by atoms with E-state index in [1.165, 1.54) is 4.90 Å². The molecule has 0 saturated heterocycles. The Balaban J connectivity index is 2.09. The van der Waals surface area contributed by atoms with Crippen molar-refractivity contribution < 1.29 is 9.90 Å². The number of aromatic amines is 1. The van der Waals surface area contributed by atoms with Gasteiger partial charge in [-0.05, 0) is 12.5 Å². The van der Waals surface area contributed by atoms with Gasteiger partial charge in [-0.25, -0.2) is 9.78 Å². The average molecular weight is 302 g/mol. The summed E-state index contributed by atoms with van der Waals surface area (Å²) >= 11 is 0. The number of H-pyrrole nitrogens is 1. The number of aliphatic hydroxyl groups excluding tert-OH is 1. The molecule has 2 aromatic rings. The van der Waals surface area contributed by atoms with Gasteiger partial charge in [0, 0.05) is 32.4 Å². The highest BCUT2D eigenvalue weighted by Gasteiger charge is 2.19. The van der Waals surface area contributed by atoms with Crippen molar-refractivity contribution >= 4 is 6.03 Å². The summed E-state index contributed by atoms with van der Waals surface area (Å²) in [6.45, 7) is 1.94. The number of carbonyl (C=O) groups is 1. The van der Waals surface area contributed by atoms with Crippen LogP contribution in [0.3, 0.4) is 0 Å². The van der Waals surface area contributed by atoms with Gasteiger partial charge in [-0.15, -0.1) is 0 Å². The highest BCUT2D eigenvalue weighted by Crippen LogP contribution is 2.17. The zero-order valence-electron chi connectivity index (χ0n) is 12.9. The minimum atomic E-state index is -0.559. The number of aromatic nitrogens is 2. The maximum Gasteiger partial charge on any atom is 0.317 e. The lowest BCUT2D eigenvalue weighted by molar-refractivity contribution is 0.142. The molecule has 0 aliphatic carbocycles. The van der Waals surface area contributed by atoms with E-state index >= 15 is 0 Å². The first-order chi connectivity index (χ1) is 10.6. The van der Waals surface area contributed by atoms with Crippen molar-refractivity contribution in [2.75, 3.05) is 13.6 Å². The number of hydrogen-bond donors (Lipinski definition) is 3. The highest BCUT2D eigenvalue weighted by atomic mass is 16.3. The Morgan fingerprint density at radius 2 is 2.14 bits per heavy atom. The first-order valence-corrected chi connectivity index (χ1v) is 7.29. The fourth-order valence-corrected chi connectivity index (χ4v) is 2.28. The molecule has 6 nitrogen and oxygen atoms in total. The monoisotopic (exact) mass is 302 g/mol. The van der Waals surface area contributed by atoms with Gasteiger partial charge in [-0.1, -0.05) is 30.3 Å². The predicted molar refractivity (Wildman–Crippen MR) is 84.3 cm³/mol. The lowest BCUT2D eigenvalue weighted by Crippen LogP contribution is -2.42. The second kappa shape index (κ2) is 7.61. The van der Waals surface area contributed by atoms with Crippen LogP contribution >= 0.6 is 0 Å². The summed E-state index contributed by atoms with van der Waals surface area (Å²) in [5, 5.41) is 12.4. The summed E-state index contributed by atoms with van der Waals surface area (Å²) in [6, 6.07) is 9.37. The quantitative estimate of drug-likeness (QED) is 0.760. The normalized spacial score (nSPS) is 13.4. The zero-order chi connectivity index (χ0) is 15.9. The number of rotatable bonds is 6. The molecule has 0 bridgehead atoms. The van der Waals surface area contributed by atoms with Gasteiger partial charge in [-0.2, -0.15) is 0 Å². The van der Waals surface area contributed by atoms with Gasteiger partial charge < -0.3 is 20.3 Å². The average Bonchev–Trinajstić information content (AvgIpc) is 2.99. The molecule has 0 spiro atoms. The van der Waals surface area contributed by atoms with Gasteiger partial charge in [0.2, 0.25) is 0 Å². The lowest BCUT2D eigenvalue weighted by atomic mass is 10.0. The second-order valence-corrected chi connectivity index (χ2v) is 5.38. The zero-order valence-corrected chi connectivity index (χ0v) is 12.9. The molecule has 6 heteroatoms. The molecule has 22 heavy (non-hydrogen) atoms. The molecule has 2 atom stereocenters. The van der Waals surface area contributed by atoms with E-state index in [-0.39, 0.29) is 18.6 Å². The molecular formula is C16H22N4O2. The Kier molecular flexibility index (Phi) is 5.55. The van der Waals surface area contributed by atoms with Crippen LogP contribution < -0.4 is 5.32 Å². The SMILES string of the molecule is C[C@@H](O)CN(C)C(=O)N[C@@H](Cc1ncc[nH]1)c1ccccc1. The molecule has 1 heterocycles. The van der Waals surface area contributed by atoms with E-state index < -0.39 is 6.10 Å². The second-order valence-electron chi connectivity index (χ2n) is 5.38. The first kappa shape index (κ1) is 16.0. The van der Waals surface area contributed by atoms with Crippen LogP contribution in [-0.4, -0.2) is 45.7 Å². The van der Waals surface area contributed by atoms with E-state index in [9.17, 15) is 9.90 Å². The van der Waals surface area contributed by atoms with Crippen LogP contribution in [-0.2, 0) is 6.42 Å². The molecule has 2 rings (SSSR count). The smallest absolute Gasteiger partial charge is 0.317 e. The summed E-state index contributed by atoms with van der Waals surface area (Å²) in [7, 11) is 1.66. The maximum atomic E-state index is 12.3. The van der Waals surface area contributed by atoms with Gasteiger partial charge in [0.1, 0.15) is 5.82 Å². The van der Waals surface area contributed by atoms with Crippen molar-refractivity contribution in [2.24, 2.45) is 0 Å². The van der Waals surface area contributed by atoms with Gasteiger partial charge >= 0.3 is 6.03 Å². The summed E-state index contributed by atoms with van der Waals surface area (Å²) in [6.07, 6.45) is 3.47. The van der Waals surface area contributed by atoms with Gasteiger partial charge in [-0.3, -0.25) is 0 Å². The molecule has 118 valence electrons. The number of carbonyl (C=O) groups excluding carboxylic acids is 1. The molecule has 0 aliphatic rings. The summed E-state index contributed by atoms with van der Waals surface area (Å²) in [4.78, 5) is 21.0. The van der Waals surface area contributed by atoms with Crippen molar-refractivity contribution in [3.05, 3.63) is 54.1 Å². The van der Waals surface area contributed by atoms with Crippen molar-refractivity contribution in [1.29, 1.82) is 0 Å². The van der Waals surface area contributed by atoms with Gasteiger partial charge in [0.15, 0.2) is 0 Å². The number of amides is 2. The van der Waals surface area contributed by atoms with E-state index in [4.69, 9.17) is 0 Å². The highest BCUT2D eigenvalue weighted by molar-refractivity contribution is 5.74. The minimum absolute atomic E-state index is 0.184. The van der Waals surface area contributed by atoms with Crippen molar-refractivity contribution in [3.63, 3.8) is 0 Å². The number of imidazole rings is 1. The molecule has 1 aromatic heterocycles. The summed E-state index contributed by atoms with van der Waals surface area (Å²) in [5.74, 6) is 0.812. The maximum absolute atomic E-state index is 12.3.